The molecule has 4 nitrogen and oxygen atoms in total. The SMILES string of the molecule is O=C(/C=C/c1cccs1)NNC(=O)Cc1ccccc1. The van der Waals surface area contributed by atoms with Crippen molar-refractivity contribution in [2.24, 2.45) is 0 Å². The van der Waals surface area contributed by atoms with Gasteiger partial charge in [0.1, 0.15) is 0 Å². The highest BCUT2D eigenvalue weighted by atomic mass is 32.1. The lowest BCUT2D eigenvalue weighted by molar-refractivity contribution is -0.126. The normalized spacial score (nSPS) is 10.4. The molecule has 0 saturated heterocycles. The van der Waals surface area contributed by atoms with Gasteiger partial charge < -0.3 is 0 Å². The molecular formula is C15H14N2O2S. The Morgan fingerprint density at radius 3 is 2.55 bits per heavy atom. The van der Waals surface area contributed by atoms with E-state index in [1.165, 1.54) is 17.4 Å². The number of nitrogens with one attached hydrogen (secondary N) is 2. The highest BCUT2D eigenvalue weighted by Gasteiger charge is 2.03. The molecule has 102 valence electrons. The number of benzene rings is 1. The summed E-state index contributed by atoms with van der Waals surface area (Å²) in [5.41, 5.74) is 5.62. The van der Waals surface area contributed by atoms with Gasteiger partial charge in [0.25, 0.3) is 5.91 Å². The van der Waals surface area contributed by atoms with Crippen molar-refractivity contribution < 1.29 is 9.59 Å². The zero-order chi connectivity index (χ0) is 14.2. The van der Waals surface area contributed by atoms with E-state index in [0.717, 1.165) is 10.4 Å². The summed E-state index contributed by atoms with van der Waals surface area (Å²) < 4.78 is 0. The lowest BCUT2D eigenvalue weighted by atomic mass is 10.1. The van der Waals surface area contributed by atoms with Gasteiger partial charge in [-0.2, -0.15) is 0 Å². The van der Waals surface area contributed by atoms with Gasteiger partial charge in [0.15, 0.2) is 0 Å². The lowest BCUT2D eigenvalue weighted by Gasteiger charge is -2.05. The second-order valence-electron chi connectivity index (χ2n) is 4.05. The first kappa shape index (κ1) is 14.0. The van der Waals surface area contributed by atoms with Crippen LogP contribution in [0.5, 0.6) is 0 Å². The minimum absolute atomic E-state index is 0.232. The summed E-state index contributed by atoms with van der Waals surface area (Å²) in [5, 5.41) is 1.93. The van der Waals surface area contributed by atoms with Crippen molar-refractivity contribution in [2.45, 2.75) is 6.42 Å². The first-order valence-electron chi connectivity index (χ1n) is 6.08. The van der Waals surface area contributed by atoms with E-state index in [2.05, 4.69) is 10.9 Å². The Kier molecular flexibility index (Phi) is 5.08. The van der Waals surface area contributed by atoms with Crippen LogP contribution in [-0.2, 0) is 16.0 Å². The summed E-state index contributed by atoms with van der Waals surface area (Å²) in [6, 6.07) is 13.1. The van der Waals surface area contributed by atoms with Crippen molar-refractivity contribution in [1.82, 2.24) is 10.9 Å². The molecule has 0 aliphatic rings. The number of rotatable bonds is 4. The Bertz CT molecular complexity index is 592. The predicted octanol–water partition coefficient (Wildman–Crippen LogP) is 2.15. The average Bonchev–Trinajstić information content (AvgIpc) is 2.97. The van der Waals surface area contributed by atoms with E-state index < -0.39 is 0 Å². The van der Waals surface area contributed by atoms with Gasteiger partial charge in [0, 0.05) is 11.0 Å². The summed E-state index contributed by atoms with van der Waals surface area (Å²) in [6.45, 7) is 0. The van der Waals surface area contributed by atoms with Gasteiger partial charge in [-0.1, -0.05) is 36.4 Å². The zero-order valence-corrected chi connectivity index (χ0v) is 11.5. The van der Waals surface area contributed by atoms with E-state index in [4.69, 9.17) is 0 Å². The number of hydrazine groups is 1. The molecule has 1 aromatic heterocycles. The van der Waals surface area contributed by atoms with Crippen molar-refractivity contribution in [1.29, 1.82) is 0 Å². The van der Waals surface area contributed by atoms with E-state index in [1.54, 1.807) is 6.08 Å². The van der Waals surface area contributed by atoms with Crippen molar-refractivity contribution >= 4 is 29.2 Å². The molecule has 0 spiro atoms. The Morgan fingerprint density at radius 2 is 1.85 bits per heavy atom. The average molecular weight is 286 g/mol. The van der Waals surface area contributed by atoms with Gasteiger partial charge >= 0.3 is 0 Å². The molecule has 0 saturated carbocycles. The van der Waals surface area contributed by atoms with Crippen LogP contribution < -0.4 is 10.9 Å². The zero-order valence-electron chi connectivity index (χ0n) is 10.7. The maximum atomic E-state index is 11.6. The third kappa shape index (κ3) is 4.70. The first-order valence-corrected chi connectivity index (χ1v) is 6.96. The maximum absolute atomic E-state index is 11.6. The Morgan fingerprint density at radius 1 is 1.05 bits per heavy atom. The minimum Gasteiger partial charge on any atom is -0.273 e. The molecule has 2 N–H and O–H groups in total. The molecule has 2 amide bonds. The van der Waals surface area contributed by atoms with E-state index in [-0.39, 0.29) is 18.2 Å². The van der Waals surface area contributed by atoms with Crippen LogP contribution in [0.4, 0.5) is 0 Å². The van der Waals surface area contributed by atoms with Gasteiger partial charge in [0.2, 0.25) is 5.91 Å². The van der Waals surface area contributed by atoms with Crippen LogP contribution in [0.25, 0.3) is 6.08 Å². The number of thiophene rings is 1. The molecule has 5 heteroatoms. The number of hydrogen-bond donors (Lipinski definition) is 2. The van der Waals surface area contributed by atoms with E-state index >= 15 is 0 Å². The van der Waals surface area contributed by atoms with Gasteiger partial charge in [-0.3, -0.25) is 20.4 Å². The fraction of sp³-hybridized carbons (Fsp3) is 0.0667. The van der Waals surface area contributed by atoms with Crippen LogP contribution in [0, 0.1) is 0 Å². The van der Waals surface area contributed by atoms with Crippen LogP contribution in [0.2, 0.25) is 0 Å². The molecule has 0 fully saturated rings. The molecule has 1 heterocycles. The summed E-state index contributed by atoms with van der Waals surface area (Å²) in [5.74, 6) is -0.617. The summed E-state index contributed by atoms with van der Waals surface area (Å²) >= 11 is 1.54. The molecule has 0 radical (unpaired) electrons. The number of hydrogen-bond acceptors (Lipinski definition) is 3. The molecule has 0 atom stereocenters. The van der Waals surface area contributed by atoms with Crippen LogP contribution in [0.1, 0.15) is 10.4 Å². The summed E-state index contributed by atoms with van der Waals surface area (Å²) in [4.78, 5) is 24.1. The van der Waals surface area contributed by atoms with Crippen molar-refractivity contribution in [3.05, 3.63) is 64.4 Å². The number of carbonyl (C=O) groups excluding carboxylic acids is 2. The smallest absolute Gasteiger partial charge is 0.262 e. The second-order valence-corrected chi connectivity index (χ2v) is 5.03. The molecular weight excluding hydrogens is 272 g/mol. The molecule has 2 aromatic rings. The van der Waals surface area contributed by atoms with Crippen molar-refractivity contribution in [3.63, 3.8) is 0 Å². The molecule has 2 rings (SSSR count). The Hall–Kier alpha value is -2.40. The number of carbonyl (C=O) groups is 2. The quantitative estimate of drug-likeness (QED) is 0.668. The second kappa shape index (κ2) is 7.25. The number of amides is 2. The Labute approximate surface area is 121 Å². The summed E-state index contributed by atoms with van der Waals surface area (Å²) in [7, 11) is 0. The maximum Gasteiger partial charge on any atom is 0.262 e. The highest BCUT2D eigenvalue weighted by Crippen LogP contribution is 2.09. The molecule has 0 unspecified atom stereocenters. The molecule has 20 heavy (non-hydrogen) atoms. The largest absolute Gasteiger partial charge is 0.273 e. The monoisotopic (exact) mass is 286 g/mol. The van der Waals surface area contributed by atoms with Crippen LogP contribution in [0.15, 0.2) is 53.9 Å². The van der Waals surface area contributed by atoms with Gasteiger partial charge in [0.05, 0.1) is 6.42 Å². The third-order valence-corrected chi connectivity index (χ3v) is 3.31. The van der Waals surface area contributed by atoms with E-state index in [1.807, 2.05) is 47.8 Å². The fourth-order valence-electron chi connectivity index (χ4n) is 1.54. The topological polar surface area (TPSA) is 58.2 Å². The summed E-state index contributed by atoms with van der Waals surface area (Å²) in [6.07, 6.45) is 3.31. The third-order valence-electron chi connectivity index (χ3n) is 2.47. The predicted molar refractivity (Wildman–Crippen MR) is 79.8 cm³/mol. The standard InChI is InChI=1S/C15H14N2O2S/c18-14(9-8-13-7-4-10-20-13)16-17-15(19)11-12-5-2-1-3-6-12/h1-10H,11H2,(H,16,18)(H,17,19)/b9-8+. The first-order chi connectivity index (χ1) is 9.74. The van der Waals surface area contributed by atoms with Gasteiger partial charge in [-0.15, -0.1) is 11.3 Å². The molecule has 1 aromatic carbocycles. The van der Waals surface area contributed by atoms with Crippen molar-refractivity contribution in [2.75, 3.05) is 0 Å². The fourth-order valence-corrected chi connectivity index (χ4v) is 2.16. The highest BCUT2D eigenvalue weighted by molar-refractivity contribution is 7.10. The minimum atomic E-state index is -0.361. The van der Waals surface area contributed by atoms with Gasteiger partial charge in [-0.25, -0.2) is 0 Å². The molecule has 0 bridgehead atoms. The van der Waals surface area contributed by atoms with Crippen LogP contribution in [-0.4, -0.2) is 11.8 Å². The van der Waals surface area contributed by atoms with Crippen LogP contribution in [0.3, 0.4) is 0 Å². The Balaban J connectivity index is 1.74. The van der Waals surface area contributed by atoms with E-state index in [9.17, 15) is 9.59 Å². The molecule has 0 aliphatic carbocycles. The van der Waals surface area contributed by atoms with E-state index in [0.29, 0.717) is 0 Å². The van der Waals surface area contributed by atoms with Crippen molar-refractivity contribution in [3.8, 4) is 0 Å². The van der Waals surface area contributed by atoms with Crippen LogP contribution >= 0.6 is 11.3 Å². The lowest BCUT2D eigenvalue weighted by Crippen LogP contribution is -2.41. The van der Waals surface area contributed by atoms with Gasteiger partial charge in [-0.05, 0) is 23.1 Å². The molecule has 0 aliphatic heterocycles.